The van der Waals surface area contributed by atoms with Gasteiger partial charge in [-0.3, -0.25) is 9.59 Å². The Morgan fingerprint density at radius 3 is 2.42 bits per heavy atom. The molecule has 2 rings (SSSR count). The molecule has 0 spiro atoms. The Labute approximate surface area is 133 Å². The van der Waals surface area contributed by atoms with E-state index in [0.717, 1.165) is 5.39 Å². The number of aliphatic carboxylic acids is 2. The standard InChI is InChI=1S/C14H13N2O5.C2H6.Fm/c17-8-15-11(14(20)21)5-9-6-16(7-13(18)19)12-4-2-1-3-10(9)12;1-2;/h1-4,6,11H,5,7H2,(H,15,17)(H,18,19)(H,20,21);1-2H3;/q-1;;/t11-;;/m0../s1. The Balaban J connectivity index is 0.00000170. The van der Waals surface area contributed by atoms with Crippen LogP contribution in [0.1, 0.15) is 19.4 Å². The maximum atomic E-state index is 11.1. The van der Waals surface area contributed by atoms with Crippen molar-refractivity contribution in [2.45, 2.75) is 32.9 Å². The molecule has 3 N–H and O–H groups in total. The third kappa shape index (κ3) is 4.59. The predicted molar refractivity (Wildman–Crippen MR) is 84.9 cm³/mol. The molecule has 8 heteroatoms. The van der Waals surface area contributed by atoms with Crippen molar-refractivity contribution in [2.75, 3.05) is 0 Å². The van der Waals surface area contributed by atoms with Crippen LogP contribution in [0.4, 0.5) is 0 Å². The van der Waals surface area contributed by atoms with Crippen molar-refractivity contribution in [1.29, 1.82) is 0 Å². The third-order valence-corrected chi connectivity index (χ3v) is 3.13. The molecule has 0 fully saturated rings. The number of nitrogens with zero attached hydrogens (tertiary/aromatic N) is 1. The van der Waals surface area contributed by atoms with Crippen LogP contribution in [0.3, 0.4) is 0 Å². The smallest absolute Gasteiger partial charge is 0.323 e. The van der Waals surface area contributed by atoms with Gasteiger partial charge in [0, 0.05) is 23.5 Å². The number of rotatable bonds is 7. The largest absolute Gasteiger partial charge is 0.520 e. The van der Waals surface area contributed by atoms with Crippen LogP contribution in [-0.2, 0) is 27.3 Å². The van der Waals surface area contributed by atoms with E-state index in [9.17, 15) is 14.4 Å². The monoisotopic (exact) mass is 576 g/mol. The number of carbonyl (C=O) groups excluding carboxylic acids is 1. The topological polar surface area (TPSA) is 109 Å². The number of aromatic nitrogens is 1. The van der Waals surface area contributed by atoms with Gasteiger partial charge in [0.1, 0.15) is 12.6 Å². The summed E-state index contributed by atoms with van der Waals surface area (Å²) in [7, 11) is 0. The molecular formula is C16H19FmN2O5-. The quantitative estimate of drug-likeness (QED) is 0.342. The van der Waals surface area contributed by atoms with Gasteiger partial charge in [-0.05, 0) is 11.6 Å². The van der Waals surface area contributed by atoms with Gasteiger partial charge >= 0.3 is 11.9 Å². The van der Waals surface area contributed by atoms with E-state index in [-0.39, 0.29) is 13.0 Å². The van der Waals surface area contributed by atoms with Gasteiger partial charge in [-0.1, -0.05) is 32.0 Å². The first-order chi connectivity index (χ1) is 11.0. The van der Waals surface area contributed by atoms with E-state index in [1.54, 1.807) is 30.5 Å². The number of hydrogen-bond acceptors (Lipinski definition) is 3. The maximum absolute atomic E-state index is 11.1. The molecule has 0 saturated heterocycles. The van der Waals surface area contributed by atoms with Crippen molar-refractivity contribution in [3.63, 3.8) is 0 Å². The van der Waals surface area contributed by atoms with Crippen LogP contribution in [0.25, 0.3) is 10.9 Å². The minimum Gasteiger partial charge on any atom is -0.520 e. The van der Waals surface area contributed by atoms with E-state index < -0.39 is 18.0 Å². The van der Waals surface area contributed by atoms with Crippen molar-refractivity contribution in [3.05, 3.63) is 36.0 Å². The van der Waals surface area contributed by atoms with Crippen molar-refractivity contribution >= 4 is 29.3 Å². The fourth-order valence-corrected chi connectivity index (χ4v) is 2.25. The molecule has 0 unspecified atom stereocenters. The fourth-order valence-electron chi connectivity index (χ4n) is 2.25. The molecule has 24 heavy (non-hydrogen) atoms. The molecule has 1 heterocycles. The van der Waals surface area contributed by atoms with Crippen LogP contribution in [0.5, 0.6) is 0 Å². The van der Waals surface area contributed by atoms with Crippen LogP contribution in [0, 0.1) is 0 Å². The number of fused-ring (bicyclic) bond motifs is 1. The van der Waals surface area contributed by atoms with Crippen LogP contribution in [-0.4, -0.2) is 39.2 Å². The molecule has 2 aromatic rings. The van der Waals surface area contributed by atoms with Gasteiger partial charge in [0.05, 0.1) is 0 Å². The summed E-state index contributed by atoms with van der Waals surface area (Å²) in [6.07, 6.45) is 3.03. The summed E-state index contributed by atoms with van der Waals surface area (Å²) >= 11 is 0. The van der Waals surface area contributed by atoms with Gasteiger partial charge in [-0.15, -0.1) is 0 Å². The zero-order valence-corrected chi connectivity index (χ0v) is 15.6. The van der Waals surface area contributed by atoms with Crippen molar-refractivity contribution in [2.24, 2.45) is 0 Å². The van der Waals surface area contributed by atoms with Crippen molar-refractivity contribution < 1.29 is 24.6 Å². The van der Waals surface area contributed by atoms with Gasteiger partial charge in [0.25, 0.3) is 0 Å². The van der Waals surface area contributed by atoms with Gasteiger partial charge in [-0.25, -0.2) is 0 Å². The van der Waals surface area contributed by atoms with Crippen molar-refractivity contribution in [1.82, 2.24) is 9.88 Å². The molecule has 7 nitrogen and oxygen atoms in total. The molecule has 0 radical (unpaired) electrons. The summed E-state index contributed by atoms with van der Waals surface area (Å²) < 4.78 is 1.54. The molecule has 0 aliphatic heterocycles. The zero-order valence-electron chi connectivity index (χ0n) is 13.2. The van der Waals surface area contributed by atoms with E-state index in [2.05, 4.69) is 5.32 Å². The molecule has 136 valence electrons. The summed E-state index contributed by atoms with van der Waals surface area (Å²) in [5.41, 5.74) is 1.36. The number of carboxylic acids is 2. The number of carboxylic acid groups (broad SMARTS) is 2. The Kier molecular flexibility index (Phi) is 7.77. The second kappa shape index (κ2) is 9.24. The Hall–Kier alpha value is -3.83. The summed E-state index contributed by atoms with van der Waals surface area (Å²) in [6.45, 7) is 3.78. The van der Waals surface area contributed by atoms with E-state index in [4.69, 9.17) is 10.2 Å². The Morgan fingerprint density at radius 2 is 1.88 bits per heavy atom. The molecule has 1 aromatic carbocycles. The number of nitrogens with one attached hydrogen (secondary N) is 1. The number of hydrogen-bond donors (Lipinski definition) is 3. The second-order valence-corrected chi connectivity index (χ2v) is 4.53. The number of benzene rings is 1. The SMILES string of the molecule is CC.O=[C-]N[C@@H](Cc1cn(CC(=O)O)c2ccccc12)C(=O)O.[Fm]. The molecular weight excluding hydrogens is 557 g/mol. The molecule has 0 bridgehead atoms. The summed E-state index contributed by atoms with van der Waals surface area (Å²) in [6, 6.07) is 6.00. The molecule has 1 amide bonds. The first kappa shape index (κ1) is 20.2. The van der Waals surface area contributed by atoms with E-state index in [1.807, 2.05) is 13.8 Å². The fraction of sp³-hybridized carbons (Fsp3) is 0.312. The van der Waals surface area contributed by atoms with Gasteiger partial charge in [0.2, 0.25) is 0 Å². The Bertz CT molecular complexity index is 699. The predicted octanol–water partition coefficient (Wildman–Crippen LogP) is 1.40. The first-order valence-electron chi connectivity index (χ1n) is 7.17. The van der Waals surface area contributed by atoms with Crippen molar-refractivity contribution in [3.8, 4) is 0 Å². The summed E-state index contributed by atoms with van der Waals surface area (Å²) in [5.74, 6) is -2.16. The van der Waals surface area contributed by atoms with Gasteiger partial charge in [0.15, 0.2) is 0 Å². The van der Waals surface area contributed by atoms with Crippen LogP contribution < -0.4 is 5.32 Å². The average Bonchev–Trinajstić information content (AvgIpc) is 2.86. The van der Waals surface area contributed by atoms with Crippen LogP contribution in [0.15, 0.2) is 30.5 Å². The normalized spacial score (nSPS) is 10.8. The number of para-hydroxylation sites is 1. The first-order valence-corrected chi connectivity index (χ1v) is 7.17. The van der Waals surface area contributed by atoms with E-state index >= 15 is 0 Å². The summed E-state index contributed by atoms with van der Waals surface area (Å²) in [4.78, 5) is 32.3. The molecule has 1 atom stereocenters. The van der Waals surface area contributed by atoms with E-state index in [0.29, 0.717) is 11.1 Å². The minimum atomic E-state index is -1.17. The van der Waals surface area contributed by atoms with Gasteiger partial charge in [-0.2, -0.15) is 6.41 Å². The van der Waals surface area contributed by atoms with E-state index in [1.165, 1.54) is 11.0 Å². The third-order valence-electron chi connectivity index (χ3n) is 3.13. The average molecular weight is 576 g/mol. The maximum Gasteiger partial charge on any atom is 0.323 e. The number of amides is 1. The molecule has 0 aliphatic carbocycles. The molecule has 0 aliphatic rings. The molecule has 1 aromatic heterocycles. The number of carbonyl (C=O) groups is 2. The summed E-state index contributed by atoms with van der Waals surface area (Å²) in [5, 5.41) is 20.8. The Morgan fingerprint density at radius 1 is 1.25 bits per heavy atom. The molecule has 0 saturated carbocycles. The van der Waals surface area contributed by atoms with Crippen LogP contribution >= 0.6 is 0 Å². The second-order valence-electron chi connectivity index (χ2n) is 4.53. The van der Waals surface area contributed by atoms with Crippen LogP contribution in [0.2, 0.25) is 0 Å². The minimum absolute atomic E-state index is 0. The van der Waals surface area contributed by atoms with Gasteiger partial charge < -0.3 is 24.9 Å². The zero-order chi connectivity index (χ0) is 17.4.